The predicted octanol–water partition coefficient (Wildman–Crippen LogP) is 1.91. The van der Waals surface area contributed by atoms with Crippen LogP contribution in [0, 0.1) is 6.92 Å². The van der Waals surface area contributed by atoms with Gasteiger partial charge in [0, 0.05) is 18.1 Å². The number of nitrogens with zero attached hydrogens (tertiary/aromatic N) is 3. The zero-order valence-electron chi connectivity index (χ0n) is 16.9. The summed E-state index contributed by atoms with van der Waals surface area (Å²) in [6.07, 6.45) is 4.81. The Hall–Kier alpha value is -3.26. The number of aromatic nitrogens is 1. The smallest absolute Gasteiger partial charge is 0.324 e. The lowest BCUT2D eigenvalue weighted by Crippen LogP contribution is -2.70. The number of urea groups is 1. The Balaban J connectivity index is 1.55. The molecule has 2 aliphatic rings. The van der Waals surface area contributed by atoms with Crippen LogP contribution in [0.3, 0.4) is 0 Å². The van der Waals surface area contributed by atoms with Crippen molar-refractivity contribution >= 4 is 23.5 Å². The van der Waals surface area contributed by atoms with Gasteiger partial charge in [-0.25, -0.2) is 4.79 Å². The van der Waals surface area contributed by atoms with Crippen molar-refractivity contribution in [2.75, 3.05) is 18.4 Å². The van der Waals surface area contributed by atoms with Gasteiger partial charge in [-0.3, -0.25) is 19.5 Å². The molecule has 8 heteroatoms. The van der Waals surface area contributed by atoms with Gasteiger partial charge in [0.25, 0.3) is 0 Å². The number of hydrogen-bond acceptors (Lipinski definition) is 5. The number of para-hydroxylation sites is 1. The number of piperidine rings is 1. The molecule has 0 saturated carbocycles. The summed E-state index contributed by atoms with van der Waals surface area (Å²) in [5, 5.41) is 6.12. The van der Waals surface area contributed by atoms with Crippen LogP contribution >= 0.6 is 0 Å². The van der Waals surface area contributed by atoms with E-state index in [4.69, 9.17) is 0 Å². The monoisotopic (exact) mass is 407 g/mol. The number of anilines is 1. The van der Waals surface area contributed by atoms with Gasteiger partial charge in [-0.15, -0.1) is 0 Å². The minimum absolute atomic E-state index is 0.104. The molecule has 2 saturated heterocycles. The molecule has 0 bridgehead atoms. The van der Waals surface area contributed by atoms with E-state index < -0.39 is 12.1 Å². The van der Waals surface area contributed by atoms with E-state index >= 15 is 0 Å². The first-order valence-electron chi connectivity index (χ1n) is 10.1. The van der Waals surface area contributed by atoms with E-state index in [1.165, 1.54) is 9.80 Å². The minimum Gasteiger partial charge on any atom is -0.324 e. The molecule has 2 aromatic rings. The molecule has 2 unspecified atom stereocenters. The number of fused-ring (bicyclic) bond motifs is 1. The molecule has 2 aliphatic heterocycles. The van der Waals surface area contributed by atoms with Gasteiger partial charge in [0.05, 0.1) is 12.6 Å². The molecule has 2 atom stereocenters. The third-order valence-corrected chi connectivity index (χ3v) is 5.63. The predicted molar refractivity (Wildman–Crippen MR) is 112 cm³/mol. The van der Waals surface area contributed by atoms with Crippen molar-refractivity contribution in [2.24, 2.45) is 0 Å². The number of carbonyl (C=O) groups is 3. The van der Waals surface area contributed by atoms with Crippen LogP contribution in [0.5, 0.6) is 0 Å². The highest BCUT2D eigenvalue weighted by Crippen LogP contribution is 2.26. The summed E-state index contributed by atoms with van der Waals surface area (Å²) in [6.45, 7) is 2.65. The second-order valence-corrected chi connectivity index (χ2v) is 7.70. The van der Waals surface area contributed by atoms with Gasteiger partial charge in [-0.1, -0.05) is 24.3 Å². The molecule has 1 aromatic carbocycles. The van der Waals surface area contributed by atoms with Crippen LogP contribution in [0.15, 0.2) is 48.8 Å². The molecule has 30 heavy (non-hydrogen) atoms. The first kappa shape index (κ1) is 20.0. The van der Waals surface area contributed by atoms with Gasteiger partial charge in [0.1, 0.15) is 12.6 Å². The zero-order valence-corrected chi connectivity index (χ0v) is 16.9. The molecule has 8 nitrogen and oxygen atoms in total. The first-order valence-corrected chi connectivity index (χ1v) is 10.1. The summed E-state index contributed by atoms with van der Waals surface area (Å²) in [4.78, 5) is 45.9. The number of hydrogen-bond donors (Lipinski definition) is 2. The van der Waals surface area contributed by atoms with Gasteiger partial charge in [-0.2, -0.15) is 0 Å². The highest BCUT2D eigenvalue weighted by Gasteiger charge is 2.47. The van der Waals surface area contributed by atoms with E-state index in [9.17, 15) is 14.4 Å². The average molecular weight is 407 g/mol. The molecule has 4 rings (SSSR count). The number of benzene rings is 1. The summed E-state index contributed by atoms with van der Waals surface area (Å²) < 4.78 is 0. The number of pyridine rings is 1. The molecule has 3 heterocycles. The van der Waals surface area contributed by atoms with E-state index in [0.29, 0.717) is 18.7 Å². The lowest BCUT2D eigenvalue weighted by Gasteiger charge is -2.46. The second-order valence-electron chi connectivity index (χ2n) is 7.70. The molecular formula is C22H25N5O3. The molecule has 2 N–H and O–H groups in total. The lowest BCUT2D eigenvalue weighted by atomic mass is 9.93. The number of carbonyl (C=O) groups excluding carboxylic acids is 3. The Labute approximate surface area is 175 Å². The van der Waals surface area contributed by atoms with Crippen molar-refractivity contribution in [1.82, 2.24) is 20.1 Å². The molecule has 4 amide bonds. The van der Waals surface area contributed by atoms with E-state index in [0.717, 1.165) is 17.5 Å². The van der Waals surface area contributed by atoms with Crippen molar-refractivity contribution in [1.29, 1.82) is 0 Å². The molecule has 156 valence electrons. The van der Waals surface area contributed by atoms with E-state index in [1.807, 2.05) is 37.3 Å². The standard InChI is InChI=1S/C22H25N5O3/c1-15-6-2-3-8-17(15)25-19(28)14-26-18-9-5-11-24-20(18)21(29)27(22(26)30)13-16-7-4-10-23-12-16/h2-4,6-8,10,12,18,20,24H,5,9,11,13-14H2,1H3,(H,25,28). The maximum absolute atomic E-state index is 13.3. The van der Waals surface area contributed by atoms with E-state index in [1.54, 1.807) is 18.5 Å². The molecule has 1 aromatic heterocycles. The molecule has 0 aliphatic carbocycles. The second kappa shape index (κ2) is 8.62. The van der Waals surface area contributed by atoms with Crippen molar-refractivity contribution in [3.05, 3.63) is 59.9 Å². The number of nitrogens with one attached hydrogen (secondary N) is 2. The summed E-state index contributed by atoms with van der Waals surface area (Å²) in [7, 11) is 0. The Morgan fingerprint density at radius 1 is 1.23 bits per heavy atom. The van der Waals surface area contributed by atoms with Crippen LogP contribution in [-0.4, -0.2) is 57.8 Å². The minimum atomic E-state index is -0.501. The van der Waals surface area contributed by atoms with Gasteiger partial charge in [0.15, 0.2) is 0 Å². The molecular weight excluding hydrogens is 382 g/mol. The molecule has 2 fully saturated rings. The van der Waals surface area contributed by atoms with Gasteiger partial charge in [-0.05, 0) is 49.6 Å². The maximum atomic E-state index is 13.3. The molecule has 0 radical (unpaired) electrons. The van der Waals surface area contributed by atoms with Gasteiger partial charge in [0.2, 0.25) is 11.8 Å². The van der Waals surface area contributed by atoms with Crippen LogP contribution in [-0.2, 0) is 16.1 Å². The van der Waals surface area contributed by atoms with Crippen LogP contribution in [0.1, 0.15) is 24.0 Å². The van der Waals surface area contributed by atoms with E-state index in [2.05, 4.69) is 15.6 Å². The fraction of sp³-hybridized carbons (Fsp3) is 0.364. The fourth-order valence-corrected chi connectivity index (χ4v) is 4.08. The lowest BCUT2D eigenvalue weighted by molar-refractivity contribution is -0.138. The maximum Gasteiger partial charge on any atom is 0.327 e. The highest BCUT2D eigenvalue weighted by atomic mass is 16.2. The van der Waals surface area contributed by atoms with Crippen molar-refractivity contribution in [2.45, 2.75) is 38.4 Å². The van der Waals surface area contributed by atoms with E-state index in [-0.39, 0.29) is 30.9 Å². The number of rotatable bonds is 5. The SMILES string of the molecule is Cc1ccccc1NC(=O)CN1C(=O)N(Cc2cccnc2)C(=O)C2NCCCC21. The van der Waals surface area contributed by atoms with Gasteiger partial charge >= 0.3 is 6.03 Å². The quantitative estimate of drug-likeness (QED) is 0.790. The Morgan fingerprint density at radius 2 is 2.07 bits per heavy atom. The third kappa shape index (κ3) is 4.04. The van der Waals surface area contributed by atoms with Crippen molar-refractivity contribution in [3.8, 4) is 0 Å². The summed E-state index contributed by atoms with van der Waals surface area (Å²) in [5.41, 5.74) is 2.42. The summed E-state index contributed by atoms with van der Waals surface area (Å²) >= 11 is 0. The van der Waals surface area contributed by atoms with Crippen LogP contribution in [0.25, 0.3) is 0 Å². The van der Waals surface area contributed by atoms with Crippen LogP contribution in [0.2, 0.25) is 0 Å². The number of amides is 4. The first-order chi connectivity index (χ1) is 14.5. The third-order valence-electron chi connectivity index (χ3n) is 5.63. The average Bonchev–Trinajstić information content (AvgIpc) is 2.76. The topological polar surface area (TPSA) is 94.6 Å². The Morgan fingerprint density at radius 3 is 2.83 bits per heavy atom. The Kier molecular flexibility index (Phi) is 5.76. The van der Waals surface area contributed by atoms with Crippen LogP contribution in [0.4, 0.5) is 10.5 Å². The molecule has 0 spiro atoms. The van der Waals surface area contributed by atoms with Crippen molar-refractivity contribution in [3.63, 3.8) is 0 Å². The summed E-state index contributed by atoms with van der Waals surface area (Å²) in [5.74, 6) is -0.526. The summed E-state index contributed by atoms with van der Waals surface area (Å²) in [6, 6.07) is 9.82. The highest BCUT2D eigenvalue weighted by molar-refractivity contribution is 6.03. The zero-order chi connectivity index (χ0) is 21.1. The largest absolute Gasteiger partial charge is 0.327 e. The van der Waals surface area contributed by atoms with Crippen LogP contribution < -0.4 is 10.6 Å². The Bertz CT molecular complexity index is 949. The normalized spacial score (nSPS) is 21.4. The number of imide groups is 1. The van der Waals surface area contributed by atoms with Gasteiger partial charge < -0.3 is 15.5 Å². The number of aryl methyl sites for hydroxylation is 1. The fourth-order valence-electron chi connectivity index (χ4n) is 4.08. The van der Waals surface area contributed by atoms with Crippen molar-refractivity contribution < 1.29 is 14.4 Å².